The summed E-state index contributed by atoms with van der Waals surface area (Å²) in [6.07, 6.45) is 4.10. The Morgan fingerprint density at radius 3 is 1.86 bits per heavy atom. The van der Waals surface area contributed by atoms with E-state index >= 15 is 0 Å². The lowest BCUT2D eigenvalue weighted by atomic mass is 9.98. The van der Waals surface area contributed by atoms with Crippen LogP contribution in [0, 0.1) is 0 Å². The van der Waals surface area contributed by atoms with E-state index in [1.54, 1.807) is 0 Å². The number of benzene rings is 1. The first kappa shape index (κ1) is 11.1. The summed E-state index contributed by atoms with van der Waals surface area (Å²) in [4.78, 5) is 0. The summed E-state index contributed by atoms with van der Waals surface area (Å²) < 4.78 is 0. The third kappa shape index (κ3) is 2.28. The first-order valence-corrected chi connectivity index (χ1v) is 5.56. The van der Waals surface area contributed by atoms with E-state index in [4.69, 9.17) is 0 Å². The molecule has 1 heteroatoms. The zero-order chi connectivity index (χ0) is 10.6. The molecule has 0 spiro atoms. The molecule has 0 unspecified atom stereocenters. The molecule has 0 radical (unpaired) electrons. The standard InChI is InChI=1S/C13H20O/c1-4-7-10-8-11(5-2)13(14)12(6-3)9-10/h8-9,14H,4-7H2,1-3H3. The van der Waals surface area contributed by atoms with Gasteiger partial charge in [0.2, 0.25) is 0 Å². The Labute approximate surface area is 86.8 Å². The summed E-state index contributed by atoms with van der Waals surface area (Å²) >= 11 is 0. The van der Waals surface area contributed by atoms with E-state index in [0.717, 1.165) is 36.8 Å². The van der Waals surface area contributed by atoms with Crippen LogP contribution in [0.25, 0.3) is 0 Å². The first-order valence-electron chi connectivity index (χ1n) is 5.56. The minimum atomic E-state index is 0.509. The largest absolute Gasteiger partial charge is 0.507 e. The molecular formula is C13H20O. The highest BCUT2D eigenvalue weighted by molar-refractivity contribution is 5.43. The fourth-order valence-electron chi connectivity index (χ4n) is 1.80. The third-order valence-electron chi connectivity index (χ3n) is 2.63. The normalized spacial score (nSPS) is 10.5. The number of phenolic OH excluding ortho intramolecular Hbond substituents is 1. The van der Waals surface area contributed by atoms with Gasteiger partial charge in [-0.15, -0.1) is 0 Å². The summed E-state index contributed by atoms with van der Waals surface area (Å²) in [5.41, 5.74) is 3.54. The molecule has 1 N–H and O–H groups in total. The van der Waals surface area contributed by atoms with E-state index in [2.05, 4.69) is 32.9 Å². The Balaban J connectivity index is 3.11. The minimum Gasteiger partial charge on any atom is -0.507 e. The summed E-state index contributed by atoms with van der Waals surface area (Å²) in [7, 11) is 0. The van der Waals surface area contributed by atoms with Crippen molar-refractivity contribution in [1.29, 1.82) is 0 Å². The molecule has 0 aliphatic rings. The molecule has 1 aromatic carbocycles. The van der Waals surface area contributed by atoms with Crippen LogP contribution in [0.15, 0.2) is 12.1 Å². The molecular weight excluding hydrogens is 172 g/mol. The van der Waals surface area contributed by atoms with Crippen LogP contribution < -0.4 is 0 Å². The van der Waals surface area contributed by atoms with Gasteiger partial charge in [0, 0.05) is 0 Å². The van der Waals surface area contributed by atoms with Gasteiger partial charge in [-0.05, 0) is 36.0 Å². The molecule has 0 amide bonds. The molecule has 0 saturated heterocycles. The predicted octanol–water partition coefficient (Wildman–Crippen LogP) is 3.47. The van der Waals surface area contributed by atoms with Crippen molar-refractivity contribution in [3.63, 3.8) is 0 Å². The second-order valence-corrected chi connectivity index (χ2v) is 3.72. The van der Waals surface area contributed by atoms with Gasteiger partial charge in [-0.3, -0.25) is 0 Å². The Bertz CT molecular complexity index is 277. The van der Waals surface area contributed by atoms with E-state index in [-0.39, 0.29) is 0 Å². The van der Waals surface area contributed by atoms with E-state index in [9.17, 15) is 5.11 Å². The number of aryl methyl sites for hydroxylation is 3. The lowest BCUT2D eigenvalue weighted by Gasteiger charge is -2.10. The van der Waals surface area contributed by atoms with Crippen LogP contribution in [0.3, 0.4) is 0 Å². The van der Waals surface area contributed by atoms with Crippen molar-refractivity contribution in [2.24, 2.45) is 0 Å². The van der Waals surface area contributed by atoms with Gasteiger partial charge in [0.1, 0.15) is 5.75 Å². The summed E-state index contributed by atoms with van der Waals surface area (Å²) in [5.74, 6) is 0.509. The third-order valence-corrected chi connectivity index (χ3v) is 2.63. The van der Waals surface area contributed by atoms with Crippen LogP contribution in [-0.2, 0) is 19.3 Å². The van der Waals surface area contributed by atoms with Gasteiger partial charge in [0.05, 0.1) is 0 Å². The van der Waals surface area contributed by atoms with Crippen LogP contribution in [0.5, 0.6) is 5.75 Å². The second kappa shape index (κ2) is 5.04. The first-order chi connectivity index (χ1) is 6.72. The van der Waals surface area contributed by atoms with Crippen molar-refractivity contribution in [3.8, 4) is 5.75 Å². The van der Waals surface area contributed by atoms with Crippen LogP contribution in [-0.4, -0.2) is 5.11 Å². The number of hydrogen-bond acceptors (Lipinski definition) is 1. The summed E-state index contributed by atoms with van der Waals surface area (Å²) in [6.45, 7) is 6.36. The number of rotatable bonds is 4. The zero-order valence-electron chi connectivity index (χ0n) is 9.43. The van der Waals surface area contributed by atoms with Gasteiger partial charge >= 0.3 is 0 Å². The van der Waals surface area contributed by atoms with Crippen LogP contribution in [0.1, 0.15) is 43.9 Å². The number of hydrogen-bond donors (Lipinski definition) is 1. The van der Waals surface area contributed by atoms with E-state index < -0.39 is 0 Å². The van der Waals surface area contributed by atoms with Crippen molar-refractivity contribution < 1.29 is 5.11 Å². The topological polar surface area (TPSA) is 20.2 Å². The Morgan fingerprint density at radius 1 is 1.00 bits per heavy atom. The summed E-state index contributed by atoms with van der Waals surface area (Å²) in [6, 6.07) is 4.27. The van der Waals surface area contributed by atoms with Gasteiger partial charge in [0.25, 0.3) is 0 Å². The number of aromatic hydroxyl groups is 1. The Hall–Kier alpha value is -0.980. The molecule has 0 aliphatic carbocycles. The SMILES string of the molecule is CCCc1cc(CC)c(O)c(CC)c1. The van der Waals surface area contributed by atoms with Gasteiger partial charge in [-0.25, -0.2) is 0 Å². The molecule has 0 aromatic heterocycles. The van der Waals surface area contributed by atoms with E-state index in [0.29, 0.717) is 5.75 Å². The van der Waals surface area contributed by atoms with E-state index in [1.807, 2.05) is 0 Å². The molecule has 14 heavy (non-hydrogen) atoms. The highest BCUT2D eigenvalue weighted by atomic mass is 16.3. The fraction of sp³-hybridized carbons (Fsp3) is 0.538. The second-order valence-electron chi connectivity index (χ2n) is 3.72. The maximum absolute atomic E-state index is 9.88. The van der Waals surface area contributed by atoms with Crippen molar-refractivity contribution in [2.75, 3.05) is 0 Å². The molecule has 1 aromatic rings. The average Bonchev–Trinajstić information content (AvgIpc) is 2.20. The molecule has 0 heterocycles. The van der Waals surface area contributed by atoms with Gasteiger partial charge in [-0.1, -0.05) is 39.3 Å². The van der Waals surface area contributed by atoms with Gasteiger partial charge in [-0.2, -0.15) is 0 Å². The fourth-order valence-corrected chi connectivity index (χ4v) is 1.80. The molecule has 0 aliphatic heterocycles. The van der Waals surface area contributed by atoms with Crippen LogP contribution >= 0.6 is 0 Å². The Morgan fingerprint density at radius 2 is 1.50 bits per heavy atom. The lowest BCUT2D eigenvalue weighted by Crippen LogP contribution is -1.93. The van der Waals surface area contributed by atoms with Crippen molar-refractivity contribution in [2.45, 2.75) is 46.5 Å². The van der Waals surface area contributed by atoms with Crippen molar-refractivity contribution in [3.05, 3.63) is 28.8 Å². The quantitative estimate of drug-likeness (QED) is 0.774. The molecule has 0 bridgehead atoms. The molecule has 1 rings (SSSR count). The lowest BCUT2D eigenvalue weighted by molar-refractivity contribution is 0.462. The minimum absolute atomic E-state index is 0.509. The van der Waals surface area contributed by atoms with Gasteiger partial charge in [0.15, 0.2) is 0 Å². The highest BCUT2D eigenvalue weighted by Gasteiger charge is 2.06. The average molecular weight is 192 g/mol. The zero-order valence-corrected chi connectivity index (χ0v) is 9.43. The monoisotopic (exact) mass is 192 g/mol. The number of phenols is 1. The maximum atomic E-state index is 9.88. The molecule has 0 fully saturated rings. The van der Waals surface area contributed by atoms with Crippen molar-refractivity contribution in [1.82, 2.24) is 0 Å². The maximum Gasteiger partial charge on any atom is 0.121 e. The molecule has 1 nitrogen and oxygen atoms in total. The van der Waals surface area contributed by atoms with Crippen LogP contribution in [0.2, 0.25) is 0 Å². The molecule has 0 saturated carbocycles. The van der Waals surface area contributed by atoms with Gasteiger partial charge < -0.3 is 5.11 Å². The van der Waals surface area contributed by atoms with E-state index in [1.165, 1.54) is 5.56 Å². The smallest absolute Gasteiger partial charge is 0.121 e. The summed E-state index contributed by atoms with van der Waals surface area (Å²) in [5, 5.41) is 9.88. The highest BCUT2D eigenvalue weighted by Crippen LogP contribution is 2.26. The van der Waals surface area contributed by atoms with Crippen LogP contribution in [0.4, 0.5) is 0 Å². The Kier molecular flexibility index (Phi) is 3.99. The predicted molar refractivity (Wildman–Crippen MR) is 60.9 cm³/mol. The molecule has 0 atom stereocenters. The molecule has 78 valence electrons. The van der Waals surface area contributed by atoms with Crippen molar-refractivity contribution >= 4 is 0 Å².